The molecular weight excluding hydrogens is 258 g/mol. The highest BCUT2D eigenvalue weighted by molar-refractivity contribution is 5.92. The second-order valence-corrected chi connectivity index (χ2v) is 4.37. The van der Waals surface area contributed by atoms with Crippen LogP contribution < -0.4 is 10.1 Å². The Kier molecular flexibility index (Phi) is 7.17. The number of unbranched alkanes of at least 4 members (excludes halogenated alkanes) is 3. The van der Waals surface area contributed by atoms with Crippen LogP contribution in [0.2, 0.25) is 0 Å². The van der Waals surface area contributed by atoms with E-state index in [2.05, 4.69) is 17.0 Å². The number of ether oxygens (including phenoxy) is 2. The standard InChI is InChI=1S/C15H21NO4/c1-3-4-5-6-9-20-14-8-7-12(15(18)19-2)10-13(14)16-11-17/h7-8,10-11H,3-6,9H2,1-2H3,(H,16,17). The molecule has 0 aliphatic rings. The molecule has 0 saturated carbocycles. The van der Waals surface area contributed by atoms with Gasteiger partial charge in [0.15, 0.2) is 0 Å². The Morgan fingerprint density at radius 2 is 2.10 bits per heavy atom. The number of carbonyl (C=O) groups is 2. The highest BCUT2D eigenvalue weighted by Crippen LogP contribution is 2.26. The van der Waals surface area contributed by atoms with E-state index in [1.807, 2.05) is 0 Å². The molecule has 0 aromatic heterocycles. The first kappa shape index (κ1) is 16.0. The molecule has 0 atom stereocenters. The molecule has 0 spiro atoms. The normalized spacial score (nSPS) is 9.90. The van der Waals surface area contributed by atoms with Crippen molar-refractivity contribution < 1.29 is 19.1 Å². The van der Waals surface area contributed by atoms with Crippen LogP contribution in [0.5, 0.6) is 5.75 Å². The fourth-order valence-electron chi connectivity index (χ4n) is 1.79. The monoisotopic (exact) mass is 279 g/mol. The third kappa shape index (κ3) is 4.91. The van der Waals surface area contributed by atoms with Gasteiger partial charge in [0.1, 0.15) is 5.75 Å². The number of hydrogen-bond donors (Lipinski definition) is 1. The summed E-state index contributed by atoms with van der Waals surface area (Å²) in [5, 5.41) is 2.53. The Morgan fingerprint density at radius 3 is 2.75 bits per heavy atom. The summed E-state index contributed by atoms with van der Waals surface area (Å²) in [7, 11) is 1.31. The number of carbonyl (C=O) groups excluding carboxylic acids is 2. The van der Waals surface area contributed by atoms with Gasteiger partial charge in [0.05, 0.1) is 25.0 Å². The van der Waals surface area contributed by atoms with Crippen LogP contribution >= 0.6 is 0 Å². The van der Waals surface area contributed by atoms with Crippen molar-refractivity contribution in [2.45, 2.75) is 32.6 Å². The Hall–Kier alpha value is -2.04. The zero-order chi connectivity index (χ0) is 14.8. The first-order valence-corrected chi connectivity index (χ1v) is 6.78. The van der Waals surface area contributed by atoms with E-state index >= 15 is 0 Å². The van der Waals surface area contributed by atoms with Crippen LogP contribution in [0.3, 0.4) is 0 Å². The molecular formula is C15H21NO4. The van der Waals surface area contributed by atoms with Gasteiger partial charge in [0, 0.05) is 0 Å². The van der Waals surface area contributed by atoms with Crippen molar-refractivity contribution in [1.29, 1.82) is 0 Å². The van der Waals surface area contributed by atoms with E-state index in [4.69, 9.17) is 4.74 Å². The summed E-state index contributed by atoms with van der Waals surface area (Å²) in [6.07, 6.45) is 5.00. The molecule has 1 aromatic rings. The summed E-state index contributed by atoms with van der Waals surface area (Å²) >= 11 is 0. The zero-order valence-electron chi connectivity index (χ0n) is 12.0. The molecule has 0 aliphatic heterocycles. The molecule has 5 heteroatoms. The fourth-order valence-corrected chi connectivity index (χ4v) is 1.79. The third-order valence-corrected chi connectivity index (χ3v) is 2.87. The van der Waals surface area contributed by atoms with Gasteiger partial charge in [-0.25, -0.2) is 4.79 Å². The van der Waals surface area contributed by atoms with Crippen molar-refractivity contribution in [1.82, 2.24) is 0 Å². The first-order valence-electron chi connectivity index (χ1n) is 6.78. The lowest BCUT2D eigenvalue weighted by Crippen LogP contribution is -2.06. The third-order valence-electron chi connectivity index (χ3n) is 2.87. The topological polar surface area (TPSA) is 64.6 Å². The molecule has 0 aliphatic carbocycles. The molecule has 0 saturated heterocycles. The van der Waals surface area contributed by atoms with E-state index in [1.54, 1.807) is 18.2 Å². The van der Waals surface area contributed by atoms with Crippen LogP contribution in [0.15, 0.2) is 18.2 Å². The van der Waals surface area contributed by atoms with Crippen molar-refractivity contribution in [3.63, 3.8) is 0 Å². The van der Waals surface area contributed by atoms with Gasteiger partial charge in [0.2, 0.25) is 6.41 Å². The van der Waals surface area contributed by atoms with Gasteiger partial charge in [-0.1, -0.05) is 26.2 Å². The molecule has 0 bridgehead atoms. The molecule has 1 aromatic carbocycles. The lowest BCUT2D eigenvalue weighted by Gasteiger charge is -2.11. The summed E-state index contributed by atoms with van der Waals surface area (Å²) in [5.74, 6) is 0.106. The molecule has 110 valence electrons. The smallest absolute Gasteiger partial charge is 0.337 e. The highest BCUT2D eigenvalue weighted by Gasteiger charge is 2.10. The minimum absolute atomic E-state index is 0.371. The van der Waals surface area contributed by atoms with Gasteiger partial charge in [-0.05, 0) is 24.6 Å². The first-order chi connectivity index (χ1) is 9.72. The maximum absolute atomic E-state index is 11.4. The lowest BCUT2D eigenvalue weighted by molar-refractivity contribution is -0.105. The molecule has 5 nitrogen and oxygen atoms in total. The van der Waals surface area contributed by atoms with Crippen LogP contribution in [0.1, 0.15) is 43.0 Å². The van der Waals surface area contributed by atoms with Gasteiger partial charge in [-0.15, -0.1) is 0 Å². The SMILES string of the molecule is CCCCCCOc1ccc(C(=O)OC)cc1NC=O. The fraction of sp³-hybridized carbons (Fsp3) is 0.467. The number of nitrogens with one attached hydrogen (secondary N) is 1. The number of amides is 1. The van der Waals surface area contributed by atoms with Crippen molar-refractivity contribution in [2.24, 2.45) is 0 Å². The number of methoxy groups -OCH3 is 1. The van der Waals surface area contributed by atoms with Gasteiger partial charge in [-0.3, -0.25) is 4.79 Å². The summed E-state index contributed by atoms with van der Waals surface area (Å²) in [4.78, 5) is 22.0. The predicted molar refractivity (Wildman–Crippen MR) is 77.1 cm³/mol. The van der Waals surface area contributed by atoms with Crippen molar-refractivity contribution >= 4 is 18.1 Å². The van der Waals surface area contributed by atoms with Gasteiger partial charge < -0.3 is 14.8 Å². The molecule has 0 fully saturated rings. The average Bonchev–Trinajstić information content (AvgIpc) is 2.47. The number of esters is 1. The van der Waals surface area contributed by atoms with E-state index in [-0.39, 0.29) is 0 Å². The predicted octanol–water partition coefficient (Wildman–Crippen LogP) is 3.00. The lowest BCUT2D eigenvalue weighted by atomic mass is 10.2. The summed E-state index contributed by atoms with van der Waals surface area (Å²) < 4.78 is 10.3. The molecule has 0 radical (unpaired) electrons. The van der Waals surface area contributed by atoms with Crippen LogP contribution in [0.25, 0.3) is 0 Å². The summed E-state index contributed by atoms with van der Waals surface area (Å²) in [6, 6.07) is 4.82. The number of benzene rings is 1. The second kappa shape index (κ2) is 8.96. The van der Waals surface area contributed by atoms with Crippen LogP contribution in [0, 0.1) is 0 Å². The van der Waals surface area contributed by atoms with E-state index in [0.29, 0.717) is 30.0 Å². The minimum Gasteiger partial charge on any atom is -0.491 e. The molecule has 1 N–H and O–H groups in total. The second-order valence-electron chi connectivity index (χ2n) is 4.37. The van der Waals surface area contributed by atoms with Crippen molar-refractivity contribution in [3.05, 3.63) is 23.8 Å². The molecule has 1 amide bonds. The van der Waals surface area contributed by atoms with Crippen LogP contribution in [-0.4, -0.2) is 26.1 Å². The molecule has 1 rings (SSSR count). The highest BCUT2D eigenvalue weighted by atomic mass is 16.5. The number of rotatable bonds is 9. The largest absolute Gasteiger partial charge is 0.491 e. The van der Waals surface area contributed by atoms with Crippen molar-refractivity contribution in [3.8, 4) is 5.75 Å². The molecule has 20 heavy (non-hydrogen) atoms. The Balaban J connectivity index is 2.69. The molecule has 0 heterocycles. The van der Waals surface area contributed by atoms with Crippen molar-refractivity contribution in [2.75, 3.05) is 19.0 Å². The minimum atomic E-state index is -0.451. The Morgan fingerprint density at radius 1 is 1.30 bits per heavy atom. The average molecular weight is 279 g/mol. The molecule has 0 unspecified atom stereocenters. The number of anilines is 1. The summed E-state index contributed by atoms with van der Waals surface area (Å²) in [6.45, 7) is 2.74. The van der Waals surface area contributed by atoms with Gasteiger partial charge in [0.25, 0.3) is 0 Å². The Labute approximate surface area is 119 Å². The van der Waals surface area contributed by atoms with Crippen LogP contribution in [-0.2, 0) is 9.53 Å². The van der Waals surface area contributed by atoms with Gasteiger partial charge in [-0.2, -0.15) is 0 Å². The maximum atomic E-state index is 11.4. The maximum Gasteiger partial charge on any atom is 0.337 e. The summed E-state index contributed by atoms with van der Waals surface area (Å²) in [5.41, 5.74) is 0.841. The van der Waals surface area contributed by atoms with Crippen LogP contribution in [0.4, 0.5) is 5.69 Å². The zero-order valence-corrected chi connectivity index (χ0v) is 12.0. The van der Waals surface area contributed by atoms with E-state index in [1.165, 1.54) is 20.0 Å². The Bertz CT molecular complexity index is 445. The van der Waals surface area contributed by atoms with E-state index in [0.717, 1.165) is 12.8 Å². The van der Waals surface area contributed by atoms with E-state index in [9.17, 15) is 9.59 Å². The van der Waals surface area contributed by atoms with Gasteiger partial charge >= 0.3 is 5.97 Å². The quantitative estimate of drug-likeness (QED) is 0.429. The number of hydrogen-bond acceptors (Lipinski definition) is 4. The van der Waals surface area contributed by atoms with E-state index < -0.39 is 5.97 Å².